The van der Waals surface area contributed by atoms with Crippen molar-refractivity contribution in [3.8, 4) is 11.5 Å². The Morgan fingerprint density at radius 1 is 1.23 bits per heavy atom. The Kier molecular flexibility index (Phi) is 7.00. The van der Waals surface area contributed by atoms with Crippen molar-refractivity contribution in [2.24, 2.45) is 0 Å². The predicted octanol–water partition coefficient (Wildman–Crippen LogP) is 5.04. The van der Waals surface area contributed by atoms with Gasteiger partial charge in [0.05, 0.1) is 13.2 Å². The van der Waals surface area contributed by atoms with Crippen molar-refractivity contribution in [2.75, 3.05) is 13.7 Å². The number of thiocarbonyl (C=S) groups is 1. The summed E-state index contributed by atoms with van der Waals surface area (Å²) >= 11 is 11.9. The number of nitrogens with one attached hydrogen (secondary N) is 1. The normalized spacial score (nSPS) is 16.4. The Morgan fingerprint density at radius 3 is 2.60 bits per heavy atom. The first-order valence-electron chi connectivity index (χ1n) is 9.71. The van der Waals surface area contributed by atoms with Gasteiger partial charge < -0.3 is 19.7 Å². The van der Waals surface area contributed by atoms with Gasteiger partial charge in [0.15, 0.2) is 22.4 Å². The average Bonchev–Trinajstić information content (AvgIpc) is 2.72. The number of nitrogens with zero attached hydrogens (tertiary/aromatic N) is 1. The molecule has 2 aromatic carbocycles. The van der Waals surface area contributed by atoms with Crippen molar-refractivity contribution in [3.05, 3.63) is 69.9 Å². The summed E-state index contributed by atoms with van der Waals surface area (Å²) in [4.78, 5) is 14.5. The predicted molar refractivity (Wildman–Crippen MR) is 123 cm³/mol. The fourth-order valence-electron chi connectivity index (χ4n) is 3.69. The zero-order valence-electron chi connectivity index (χ0n) is 17.5. The Bertz CT molecular complexity index is 1010. The molecular weight excluding hydrogens is 420 g/mol. The van der Waals surface area contributed by atoms with Gasteiger partial charge in [0.25, 0.3) is 0 Å². The standard InChI is InChI=1S/C23H25ClN2O3S/c1-5-26-14(2)20(15(3)27)21(25-23(26)30)17-10-8-12-19(28-4)22(17)29-13-16-9-6-7-11-18(16)24/h6-12,21H,5,13H2,1-4H3,(H,25,30). The minimum Gasteiger partial charge on any atom is -0.493 e. The highest BCUT2D eigenvalue weighted by Crippen LogP contribution is 2.41. The molecule has 0 saturated heterocycles. The SMILES string of the molecule is CCN1C(=S)NC(c2cccc(OC)c2OCc2ccccc2Cl)C(C(C)=O)=C1C. The molecule has 30 heavy (non-hydrogen) atoms. The monoisotopic (exact) mass is 444 g/mol. The van der Waals surface area contributed by atoms with Crippen LogP contribution in [0.1, 0.15) is 37.9 Å². The second kappa shape index (κ2) is 9.49. The molecule has 0 fully saturated rings. The van der Waals surface area contributed by atoms with E-state index in [1.165, 1.54) is 0 Å². The van der Waals surface area contributed by atoms with E-state index in [2.05, 4.69) is 5.32 Å². The third kappa shape index (κ3) is 4.30. The van der Waals surface area contributed by atoms with E-state index >= 15 is 0 Å². The molecule has 0 saturated carbocycles. The van der Waals surface area contributed by atoms with Crippen LogP contribution in [0, 0.1) is 0 Å². The first kappa shape index (κ1) is 22.1. The second-order valence-corrected chi connectivity index (χ2v) is 7.73. The molecule has 1 aliphatic rings. The summed E-state index contributed by atoms with van der Waals surface area (Å²) in [5.74, 6) is 1.10. The van der Waals surface area contributed by atoms with Gasteiger partial charge in [-0.3, -0.25) is 4.79 Å². The number of halogens is 1. The summed E-state index contributed by atoms with van der Waals surface area (Å²) in [7, 11) is 1.59. The molecule has 0 bridgehead atoms. The van der Waals surface area contributed by atoms with Crippen molar-refractivity contribution < 1.29 is 14.3 Å². The number of benzene rings is 2. The van der Waals surface area contributed by atoms with Crippen LogP contribution in [0.25, 0.3) is 0 Å². The number of para-hydroxylation sites is 1. The van der Waals surface area contributed by atoms with Gasteiger partial charge in [-0.05, 0) is 45.1 Å². The summed E-state index contributed by atoms with van der Waals surface area (Å²) in [6, 6.07) is 12.7. The number of hydrogen-bond donors (Lipinski definition) is 1. The highest BCUT2D eigenvalue weighted by atomic mass is 35.5. The molecule has 3 rings (SSSR count). The molecule has 0 aliphatic carbocycles. The van der Waals surface area contributed by atoms with Gasteiger partial charge >= 0.3 is 0 Å². The van der Waals surface area contributed by atoms with Gasteiger partial charge in [-0.15, -0.1) is 0 Å². The van der Waals surface area contributed by atoms with E-state index in [-0.39, 0.29) is 12.4 Å². The molecule has 1 aliphatic heterocycles. The Morgan fingerprint density at radius 2 is 1.97 bits per heavy atom. The lowest BCUT2D eigenvalue weighted by atomic mass is 9.91. The van der Waals surface area contributed by atoms with E-state index in [0.717, 1.165) is 16.8 Å². The van der Waals surface area contributed by atoms with Crippen LogP contribution < -0.4 is 14.8 Å². The van der Waals surface area contributed by atoms with E-state index in [1.807, 2.05) is 61.2 Å². The lowest BCUT2D eigenvalue weighted by molar-refractivity contribution is -0.114. The van der Waals surface area contributed by atoms with Gasteiger partial charge in [-0.1, -0.05) is 41.9 Å². The minimum absolute atomic E-state index is 0.0224. The number of ether oxygens (including phenoxy) is 2. The van der Waals surface area contributed by atoms with Gasteiger partial charge in [-0.25, -0.2) is 0 Å². The van der Waals surface area contributed by atoms with Gasteiger partial charge in [-0.2, -0.15) is 0 Å². The molecule has 0 amide bonds. The zero-order valence-corrected chi connectivity index (χ0v) is 19.1. The van der Waals surface area contributed by atoms with Crippen LogP contribution in [0.2, 0.25) is 5.02 Å². The topological polar surface area (TPSA) is 50.8 Å². The molecule has 158 valence electrons. The molecule has 7 heteroatoms. The van der Waals surface area contributed by atoms with Crippen LogP contribution in [0.5, 0.6) is 11.5 Å². The smallest absolute Gasteiger partial charge is 0.173 e. The molecule has 1 unspecified atom stereocenters. The highest BCUT2D eigenvalue weighted by molar-refractivity contribution is 7.80. The van der Waals surface area contributed by atoms with Crippen LogP contribution >= 0.6 is 23.8 Å². The summed E-state index contributed by atoms with van der Waals surface area (Å²) in [5, 5.41) is 4.52. The zero-order chi connectivity index (χ0) is 21.8. The maximum Gasteiger partial charge on any atom is 0.173 e. The number of methoxy groups -OCH3 is 1. The molecule has 1 N–H and O–H groups in total. The first-order valence-corrected chi connectivity index (χ1v) is 10.5. The van der Waals surface area contributed by atoms with E-state index in [1.54, 1.807) is 14.0 Å². The van der Waals surface area contributed by atoms with Crippen molar-refractivity contribution in [2.45, 2.75) is 33.4 Å². The number of carbonyl (C=O) groups excluding carboxylic acids is 1. The number of Topliss-reactive ketones (excluding diaryl/α,β-unsaturated/α-hetero) is 1. The van der Waals surface area contributed by atoms with Crippen LogP contribution in [-0.4, -0.2) is 29.5 Å². The van der Waals surface area contributed by atoms with Crippen LogP contribution in [0.3, 0.4) is 0 Å². The lowest BCUT2D eigenvalue weighted by Gasteiger charge is -2.37. The third-order valence-electron chi connectivity index (χ3n) is 5.16. The number of allylic oxidation sites excluding steroid dienone is 1. The summed E-state index contributed by atoms with van der Waals surface area (Å²) < 4.78 is 11.7. The summed E-state index contributed by atoms with van der Waals surface area (Å²) in [6.07, 6.45) is 0. The first-order chi connectivity index (χ1) is 14.4. The molecule has 1 atom stereocenters. The van der Waals surface area contributed by atoms with Gasteiger partial charge in [0.1, 0.15) is 6.61 Å². The van der Waals surface area contributed by atoms with Crippen LogP contribution in [0.4, 0.5) is 0 Å². The average molecular weight is 445 g/mol. The van der Waals surface area contributed by atoms with Crippen molar-refractivity contribution >= 4 is 34.7 Å². The maximum absolute atomic E-state index is 12.6. The fourth-order valence-corrected chi connectivity index (χ4v) is 4.27. The second-order valence-electron chi connectivity index (χ2n) is 6.94. The van der Waals surface area contributed by atoms with Gasteiger partial charge in [0.2, 0.25) is 0 Å². The van der Waals surface area contributed by atoms with E-state index < -0.39 is 6.04 Å². The van der Waals surface area contributed by atoms with Crippen molar-refractivity contribution in [1.82, 2.24) is 10.2 Å². The number of rotatable bonds is 7. The Labute approximate surface area is 187 Å². The highest BCUT2D eigenvalue weighted by Gasteiger charge is 2.34. The largest absolute Gasteiger partial charge is 0.493 e. The molecule has 2 aromatic rings. The third-order valence-corrected chi connectivity index (χ3v) is 5.87. The minimum atomic E-state index is -0.436. The summed E-state index contributed by atoms with van der Waals surface area (Å²) in [5.41, 5.74) is 3.14. The lowest BCUT2D eigenvalue weighted by Crippen LogP contribution is -2.47. The van der Waals surface area contributed by atoms with E-state index in [9.17, 15) is 4.79 Å². The number of carbonyl (C=O) groups is 1. The van der Waals surface area contributed by atoms with Crippen LogP contribution in [-0.2, 0) is 11.4 Å². The van der Waals surface area contributed by atoms with Crippen LogP contribution in [0.15, 0.2) is 53.7 Å². The molecule has 0 aromatic heterocycles. The van der Waals surface area contributed by atoms with E-state index in [0.29, 0.717) is 33.8 Å². The number of hydrogen-bond acceptors (Lipinski definition) is 4. The quantitative estimate of drug-likeness (QED) is 0.603. The molecule has 0 spiro atoms. The molecule has 5 nitrogen and oxygen atoms in total. The summed E-state index contributed by atoms with van der Waals surface area (Å²) in [6.45, 7) is 6.43. The Balaban J connectivity index is 2.07. The molecule has 0 radical (unpaired) electrons. The van der Waals surface area contributed by atoms with Crippen molar-refractivity contribution in [1.29, 1.82) is 0 Å². The van der Waals surface area contributed by atoms with Gasteiger partial charge in [0, 0.05) is 34.0 Å². The maximum atomic E-state index is 12.6. The molecular formula is C23H25ClN2O3S. The van der Waals surface area contributed by atoms with E-state index in [4.69, 9.17) is 33.3 Å². The fraction of sp³-hybridized carbons (Fsp3) is 0.304. The number of ketones is 1. The Hall–Kier alpha value is -2.57. The van der Waals surface area contributed by atoms with Crippen molar-refractivity contribution in [3.63, 3.8) is 0 Å². The molecule has 1 heterocycles.